The molecule has 1 aromatic rings. The highest BCUT2D eigenvalue weighted by Crippen LogP contribution is 2.32. The first-order valence-electron chi connectivity index (χ1n) is 8.28. The maximum absolute atomic E-state index is 13.9. The van der Waals surface area contributed by atoms with E-state index in [1.54, 1.807) is 0 Å². The van der Waals surface area contributed by atoms with Crippen molar-refractivity contribution in [2.75, 3.05) is 6.54 Å². The van der Waals surface area contributed by atoms with Gasteiger partial charge in [0.2, 0.25) is 0 Å². The van der Waals surface area contributed by atoms with Crippen LogP contribution in [0, 0.1) is 23.5 Å². The van der Waals surface area contributed by atoms with E-state index in [9.17, 15) is 8.78 Å². The van der Waals surface area contributed by atoms with Gasteiger partial charge in [-0.3, -0.25) is 0 Å². The van der Waals surface area contributed by atoms with Gasteiger partial charge < -0.3 is 5.32 Å². The van der Waals surface area contributed by atoms with Crippen LogP contribution in [0.1, 0.15) is 51.5 Å². The molecule has 1 unspecified atom stereocenters. The summed E-state index contributed by atoms with van der Waals surface area (Å²) >= 11 is 0. The van der Waals surface area contributed by atoms with E-state index in [-0.39, 0.29) is 11.6 Å². The predicted molar refractivity (Wildman–Crippen MR) is 83.3 cm³/mol. The van der Waals surface area contributed by atoms with Crippen molar-refractivity contribution in [2.45, 2.75) is 58.4 Å². The van der Waals surface area contributed by atoms with Gasteiger partial charge in [0.15, 0.2) is 0 Å². The first-order chi connectivity index (χ1) is 10.1. The Kier molecular flexibility index (Phi) is 6.16. The molecular weight excluding hydrogens is 268 g/mol. The molecular formula is C18H27F2N. The molecule has 0 radical (unpaired) electrons. The zero-order chi connectivity index (χ0) is 15.2. The van der Waals surface area contributed by atoms with E-state index >= 15 is 0 Å². The average Bonchev–Trinajstić information content (AvgIpc) is 2.47. The Balaban J connectivity index is 2.08. The second kappa shape index (κ2) is 7.88. The lowest BCUT2D eigenvalue weighted by atomic mass is 9.77. The fourth-order valence-corrected chi connectivity index (χ4v) is 3.37. The maximum Gasteiger partial charge on any atom is 0.129 e. The maximum atomic E-state index is 13.9. The smallest absolute Gasteiger partial charge is 0.129 e. The summed E-state index contributed by atoms with van der Waals surface area (Å²) in [5.41, 5.74) is 0.240. The van der Waals surface area contributed by atoms with Crippen molar-refractivity contribution in [3.05, 3.63) is 35.4 Å². The molecule has 2 rings (SSSR count). The minimum atomic E-state index is -0.414. The number of rotatable bonds is 6. The summed E-state index contributed by atoms with van der Waals surface area (Å²) in [5, 5.41) is 3.52. The molecule has 0 heterocycles. The van der Waals surface area contributed by atoms with Gasteiger partial charge >= 0.3 is 0 Å². The van der Waals surface area contributed by atoms with Crippen LogP contribution in [-0.2, 0) is 6.42 Å². The van der Waals surface area contributed by atoms with E-state index in [4.69, 9.17) is 0 Å². The number of nitrogens with one attached hydrogen (secondary N) is 1. The molecule has 1 saturated carbocycles. The molecule has 1 N–H and O–H groups in total. The van der Waals surface area contributed by atoms with Gasteiger partial charge in [-0.15, -0.1) is 0 Å². The highest BCUT2D eigenvalue weighted by molar-refractivity contribution is 5.21. The van der Waals surface area contributed by atoms with Crippen LogP contribution in [0.25, 0.3) is 0 Å². The third-order valence-corrected chi connectivity index (χ3v) is 4.77. The van der Waals surface area contributed by atoms with Crippen LogP contribution < -0.4 is 5.32 Å². The van der Waals surface area contributed by atoms with Crippen LogP contribution in [0.15, 0.2) is 18.2 Å². The van der Waals surface area contributed by atoms with Gasteiger partial charge in [0.1, 0.15) is 11.6 Å². The lowest BCUT2D eigenvalue weighted by molar-refractivity contribution is 0.227. The fourth-order valence-electron chi connectivity index (χ4n) is 3.37. The predicted octanol–water partition coefficient (Wildman–Crippen LogP) is 4.70. The Labute approximate surface area is 127 Å². The molecule has 1 aromatic carbocycles. The number of benzene rings is 1. The molecule has 1 nitrogen and oxygen atoms in total. The van der Waals surface area contributed by atoms with E-state index in [0.29, 0.717) is 12.3 Å². The third kappa shape index (κ3) is 4.50. The molecule has 1 aliphatic rings. The lowest BCUT2D eigenvalue weighted by Crippen LogP contribution is -2.40. The largest absolute Gasteiger partial charge is 0.313 e. The van der Waals surface area contributed by atoms with E-state index in [0.717, 1.165) is 18.9 Å². The van der Waals surface area contributed by atoms with Gasteiger partial charge in [0, 0.05) is 11.6 Å². The van der Waals surface area contributed by atoms with Crippen molar-refractivity contribution in [2.24, 2.45) is 11.8 Å². The highest BCUT2D eigenvalue weighted by atomic mass is 19.1. The second-order valence-electron chi connectivity index (χ2n) is 6.48. The van der Waals surface area contributed by atoms with Crippen molar-refractivity contribution in [1.82, 2.24) is 5.32 Å². The standard InChI is InChI=1S/C18H27F2N/c1-3-11-21-18(14-9-7-13(2)8-10-14)12-15-16(19)5-4-6-17(15)20/h4-6,13-14,18,21H,3,7-12H2,1-2H3. The third-order valence-electron chi connectivity index (χ3n) is 4.77. The van der Waals surface area contributed by atoms with Crippen LogP contribution in [0.5, 0.6) is 0 Å². The number of hydrogen-bond donors (Lipinski definition) is 1. The van der Waals surface area contributed by atoms with E-state index in [2.05, 4.69) is 19.2 Å². The average molecular weight is 295 g/mol. The Morgan fingerprint density at radius 1 is 1.14 bits per heavy atom. The summed E-state index contributed by atoms with van der Waals surface area (Å²) in [7, 11) is 0. The van der Waals surface area contributed by atoms with Crippen molar-refractivity contribution < 1.29 is 8.78 Å². The summed E-state index contributed by atoms with van der Waals surface area (Å²) in [4.78, 5) is 0. The molecule has 0 amide bonds. The van der Waals surface area contributed by atoms with Crippen molar-refractivity contribution in [3.63, 3.8) is 0 Å². The van der Waals surface area contributed by atoms with E-state index in [1.165, 1.54) is 43.9 Å². The zero-order valence-electron chi connectivity index (χ0n) is 13.2. The Hall–Kier alpha value is -0.960. The summed E-state index contributed by atoms with van der Waals surface area (Å²) in [6, 6.07) is 4.34. The molecule has 21 heavy (non-hydrogen) atoms. The summed E-state index contributed by atoms with van der Waals surface area (Å²) < 4.78 is 27.8. The lowest BCUT2D eigenvalue weighted by Gasteiger charge is -2.33. The molecule has 1 atom stereocenters. The molecule has 0 aliphatic heterocycles. The molecule has 118 valence electrons. The van der Waals surface area contributed by atoms with Crippen molar-refractivity contribution in [3.8, 4) is 0 Å². The van der Waals surface area contributed by atoms with Gasteiger partial charge in [-0.05, 0) is 56.2 Å². The van der Waals surface area contributed by atoms with Gasteiger partial charge in [0.05, 0.1) is 0 Å². The molecule has 0 aromatic heterocycles. The number of halogens is 2. The SMILES string of the molecule is CCCNC(Cc1c(F)cccc1F)C1CCC(C)CC1. The normalized spacial score (nSPS) is 24.0. The quantitative estimate of drug-likeness (QED) is 0.802. The fraction of sp³-hybridized carbons (Fsp3) is 0.667. The summed E-state index contributed by atoms with van der Waals surface area (Å²) in [6.07, 6.45) is 6.29. The Bertz CT molecular complexity index is 419. The van der Waals surface area contributed by atoms with Crippen LogP contribution in [0.4, 0.5) is 8.78 Å². The molecule has 0 saturated heterocycles. The minimum Gasteiger partial charge on any atom is -0.313 e. The van der Waals surface area contributed by atoms with Gasteiger partial charge in [-0.1, -0.05) is 32.8 Å². The van der Waals surface area contributed by atoms with Crippen molar-refractivity contribution in [1.29, 1.82) is 0 Å². The molecule has 0 spiro atoms. The van der Waals surface area contributed by atoms with Gasteiger partial charge in [-0.25, -0.2) is 8.78 Å². The molecule has 0 bridgehead atoms. The highest BCUT2D eigenvalue weighted by Gasteiger charge is 2.27. The van der Waals surface area contributed by atoms with Crippen LogP contribution in [-0.4, -0.2) is 12.6 Å². The first kappa shape index (κ1) is 16.4. The summed E-state index contributed by atoms with van der Waals surface area (Å²) in [5.74, 6) is 0.495. The van der Waals surface area contributed by atoms with Crippen LogP contribution >= 0.6 is 0 Å². The van der Waals surface area contributed by atoms with E-state index in [1.807, 2.05) is 0 Å². The minimum absolute atomic E-state index is 0.184. The Morgan fingerprint density at radius 2 is 1.76 bits per heavy atom. The topological polar surface area (TPSA) is 12.0 Å². The number of hydrogen-bond acceptors (Lipinski definition) is 1. The molecule has 1 fully saturated rings. The van der Waals surface area contributed by atoms with Gasteiger partial charge in [0.25, 0.3) is 0 Å². The van der Waals surface area contributed by atoms with Crippen LogP contribution in [0.2, 0.25) is 0 Å². The monoisotopic (exact) mass is 295 g/mol. The Morgan fingerprint density at radius 3 is 2.33 bits per heavy atom. The first-order valence-corrected chi connectivity index (χ1v) is 8.28. The van der Waals surface area contributed by atoms with Crippen LogP contribution in [0.3, 0.4) is 0 Å². The molecule has 3 heteroatoms. The van der Waals surface area contributed by atoms with Crippen molar-refractivity contribution >= 4 is 0 Å². The second-order valence-corrected chi connectivity index (χ2v) is 6.48. The zero-order valence-corrected chi connectivity index (χ0v) is 13.2. The summed E-state index contributed by atoms with van der Waals surface area (Å²) in [6.45, 7) is 5.32. The van der Waals surface area contributed by atoms with Gasteiger partial charge in [-0.2, -0.15) is 0 Å². The molecule has 1 aliphatic carbocycles. The van der Waals surface area contributed by atoms with E-state index < -0.39 is 11.6 Å².